The van der Waals surface area contributed by atoms with Gasteiger partial charge in [0.05, 0.1) is 24.1 Å². The van der Waals surface area contributed by atoms with E-state index in [0.29, 0.717) is 29.2 Å². The lowest BCUT2D eigenvalue weighted by Crippen LogP contribution is -2.41. The Morgan fingerprint density at radius 2 is 1.88 bits per heavy atom. The van der Waals surface area contributed by atoms with Crippen LogP contribution in [0.15, 0.2) is 66.0 Å². The van der Waals surface area contributed by atoms with Crippen LogP contribution in [0, 0.1) is 12.8 Å². The number of methoxy groups -OCH3 is 1. The predicted molar refractivity (Wildman–Crippen MR) is 131 cm³/mol. The number of sulfonamides is 1. The van der Waals surface area contributed by atoms with E-state index < -0.39 is 10.0 Å². The molecular weight excluding hydrogens is 454 g/mol. The molecule has 1 aliphatic heterocycles. The molecule has 178 valence electrons. The fourth-order valence-electron chi connectivity index (χ4n) is 3.93. The van der Waals surface area contributed by atoms with E-state index in [0.717, 1.165) is 25.2 Å². The highest BCUT2D eigenvalue weighted by Crippen LogP contribution is 2.26. The molecule has 1 fully saturated rings. The minimum Gasteiger partial charge on any atom is -0.497 e. The smallest absolute Gasteiger partial charge is 0.262 e. The molecule has 0 spiro atoms. The molecule has 2 N–H and O–H groups in total. The molecule has 34 heavy (non-hydrogen) atoms. The van der Waals surface area contributed by atoms with Crippen molar-refractivity contribution >= 4 is 33.1 Å². The fourth-order valence-corrected chi connectivity index (χ4v) is 5.27. The van der Waals surface area contributed by atoms with Gasteiger partial charge in [-0.3, -0.25) is 14.5 Å². The van der Waals surface area contributed by atoms with Gasteiger partial charge in [0.25, 0.3) is 10.0 Å². The van der Waals surface area contributed by atoms with Gasteiger partial charge in [0.15, 0.2) is 0 Å². The Kier molecular flexibility index (Phi) is 6.97. The summed E-state index contributed by atoms with van der Waals surface area (Å²) in [5, 5.41) is 2.89. The van der Waals surface area contributed by atoms with Crippen molar-refractivity contribution in [1.82, 2.24) is 9.97 Å². The molecule has 1 unspecified atom stereocenters. The zero-order valence-electron chi connectivity index (χ0n) is 19.1. The van der Waals surface area contributed by atoms with Gasteiger partial charge in [-0.1, -0.05) is 6.07 Å². The third kappa shape index (κ3) is 5.45. The molecule has 0 radical (unpaired) electrons. The Bertz CT molecular complexity index is 1250. The number of nitrogens with zero attached hydrogens (tertiary/aromatic N) is 3. The first-order chi connectivity index (χ1) is 16.4. The molecule has 4 rings (SSSR count). The Morgan fingerprint density at radius 3 is 2.59 bits per heavy atom. The summed E-state index contributed by atoms with van der Waals surface area (Å²) in [6, 6.07) is 11.5. The van der Waals surface area contributed by atoms with E-state index in [1.54, 1.807) is 69.0 Å². The van der Waals surface area contributed by atoms with Crippen LogP contribution in [0.4, 0.5) is 17.2 Å². The lowest BCUT2D eigenvalue weighted by atomic mass is 9.97. The van der Waals surface area contributed by atoms with Gasteiger partial charge in [-0.2, -0.15) is 0 Å². The Labute approximate surface area is 199 Å². The number of aryl methyl sites for hydroxylation is 1. The van der Waals surface area contributed by atoms with E-state index in [1.807, 2.05) is 4.90 Å². The molecule has 10 heteroatoms. The van der Waals surface area contributed by atoms with Gasteiger partial charge in [-0.25, -0.2) is 13.4 Å². The van der Waals surface area contributed by atoms with Gasteiger partial charge in [0.2, 0.25) is 5.91 Å². The second-order valence-electron chi connectivity index (χ2n) is 8.15. The number of hydrogen-bond acceptors (Lipinski definition) is 7. The highest BCUT2D eigenvalue weighted by molar-refractivity contribution is 7.92. The minimum absolute atomic E-state index is 0.103. The third-order valence-corrected chi connectivity index (χ3v) is 7.28. The average Bonchev–Trinajstić information content (AvgIpc) is 2.86. The largest absolute Gasteiger partial charge is 0.497 e. The standard InChI is InChI=1S/C24H27N5O4S/c1-17-5-6-20(14-22(17)34(31,32)28-19-7-9-21(33-2)10-8-19)27-24(30)18-4-3-13-29(16-18)23-15-25-11-12-26-23/h5-12,14-15,18,28H,3-4,13,16H2,1-2H3,(H,27,30). The maximum absolute atomic E-state index is 13.0. The summed E-state index contributed by atoms with van der Waals surface area (Å²) in [6.07, 6.45) is 6.54. The Balaban J connectivity index is 1.47. The second kappa shape index (κ2) is 10.1. The minimum atomic E-state index is -3.86. The lowest BCUT2D eigenvalue weighted by molar-refractivity contribution is -0.120. The number of rotatable bonds is 7. The summed E-state index contributed by atoms with van der Waals surface area (Å²) in [6.45, 7) is 3.06. The maximum atomic E-state index is 13.0. The molecule has 0 aliphatic carbocycles. The first kappa shape index (κ1) is 23.5. The van der Waals surface area contributed by atoms with Crippen molar-refractivity contribution in [3.05, 3.63) is 66.6 Å². The van der Waals surface area contributed by atoms with Crippen LogP contribution in [0.5, 0.6) is 5.75 Å². The van der Waals surface area contributed by atoms with Crippen LogP contribution < -0.4 is 19.7 Å². The van der Waals surface area contributed by atoms with E-state index in [1.165, 1.54) is 6.07 Å². The summed E-state index contributed by atoms with van der Waals surface area (Å²) >= 11 is 0. The molecular formula is C24H27N5O4S. The van der Waals surface area contributed by atoms with Gasteiger partial charge < -0.3 is 15.0 Å². The van der Waals surface area contributed by atoms with Crippen molar-refractivity contribution in [3.8, 4) is 5.75 Å². The molecule has 1 amide bonds. The zero-order chi connectivity index (χ0) is 24.1. The number of aromatic nitrogens is 2. The van der Waals surface area contributed by atoms with Gasteiger partial charge in [0, 0.05) is 36.9 Å². The summed E-state index contributed by atoms with van der Waals surface area (Å²) in [5.74, 6) is 0.983. The molecule has 1 saturated heterocycles. The molecule has 1 aliphatic rings. The lowest BCUT2D eigenvalue weighted by Gasteiger charge is -2.32. The van der Waals surface area contributed by atoms with Crippen LogP contribution in [-0.4, -0.2) is 44.5 Å². The van der Waals surface area contributed by atoms with Crippen molar-refractivity contribution in [2.24, 2.45) is 5.92 Å². The predicted octanol–water partition coefficient (Wildman–Crippen LogP) is 3.45. The van der Waals surface area contributed by atoms with E-state index in [2.05, 4.69) is 20.0 Å². The monoisotopic (exact) mass is 481 g/mol. The zero-order valence-corrected chi connectivity index (χ0v) is 19.9. The molecule has 1 atom stereocenters. The molecule has 2 aromatic carbocycles. The van der Waals surface area contributed by atoms with Gasteiger partial charge in [0.1, 0.15) is 11.6 Å². The van der Waals surface area contributed by atoms with Gasteiger partial charge >= 0.3 is 0 Å². The summed E-state index contributed by atoms with van der Waals surface area (Å²) in [4.78, 5) is 23.6. The number of benzene rings is 2. The van der Waals surface area contributed by atoms with Crippen LogP contribution in [0.1, 0.15) is 18.4 Å². The molecule has 0 saturated carbocycles. The summed E-state index contributed by atoms with van der Waals surface area (Å²) in [5.41, 5.74) is 1.42. The first-order valence-electron chi connectivity index (χ1n) is 10.9. The van der Waals surface area contributed by atoms with Crippen molar-refractivity contribution in [2.45, 2.75) is 24.7 Å². The summed E-state index contributed by atoms with van der Waals surface area (Å²) < 4.78 is 33.8. The molecule has 2 heterocycles. The average molecular weight is 482 g/mol. The van der Waals surface area contributed by atoms with E-state index >= 15 is 0 Å². The van der Waals surface area contributed by atoms with Crippen molar-refractivity contribution in [1.29, 1.82) is 0 Å². The Morgan fingerprint density at radius 1 is 1.12 bits per heavy atom. The number of anilines is 3. The molecule has 0 bridgehead atoms. The number of carbonyl (C=O) groups excluding carboxylic acids is 1. The van der Waals surface area contributed by atoms with Crippen LogP contribution in [0.2, 0.25) is 0 Å². The summed E-state index contributed by atoms with van der Waals surface area (Å²) in [7, 11) is -2.31. The van der Waals surface area contributed by atoms with E-state index in [9.17, 15) is 13.2 Å². The number of amides is 1. The van der Waals surface area contributed by atoms with Crippen LogP contribution >= 0.6 is 0 Å². The Hall–Kier alpha value is -3.66. The van der Waals surface area contributed by atoms with Crippen molar-refractivity contribution in [3.63, 3.8) is 0 Å². The maximum Gasteiger partial charge on any atom is 0.262 e. The van der Waals surface area contributed by atoms with Crippen LogP contribution in [0.3, 0.4) is 0 Å². The number of ether oxygens (including phenoxy) is 1. The van der Waals surface area contributed by atoms with Crippen molar-refractivity contribution < 1.29 is 17.9 Å². The second-order valence-corrected chi connectivity index (χ2v) is 9.80. The fraction of sp³-hybridized carbons (Fsp3) is 0.292. The SMILES string of the molecule is COc1ccc(NS(=O)(=O)c2cc(NC(=O)C3CCCN(c4cnccn4)C3)ccc2C)cc1. The topological polar surface area (TPSA) is 114 Å². The molecule has 1 aromatic heterocycles. The van der Waals surface area contributed by atoms with Gasteiger partial charge in [-0.15, -0.1) is 0 Å². The normalized spacial score (nSPS) is 16.1. The molecule has 9 nitrogen and oxygen atoms in total. The first-order valence-corrected chi connectivity index (χ1v) is 12.4. The van der Waals surface area contributed by atoms with Crippen LogP contribution in [0.25, 0.3) is 0 Å². The number of nitrogens with one attached hydrogen (secondary N) is 2. The highest BCUT2D eigenvalue weighted by Gasteiger charge is 2.27. The number of piperidine rings is 1. The van der Waals surface area contributed by atoms with E-state index in [-0.39, 0.29) is 16.7 Å². The van der Waals surface area contributed by atoms with Crippen LogP contribution in [-0.2, 0) is 14.8 Å². The quantitative estimate of drug-likeness (QED) is 0.531. The third-order valence-electron chi connectivity index (χ3n) is 5.75. The van der Waals surface area contributed by atoms with E-state index in [4.69, 9.17) is 4.74 Å². The highest BCUT2D eigenvalue weighted by atomic mass is 32.2. The number of carbonyl (C=O) groups is 1. The number of hydrogen-bond donors (Lipinski definition) is 2. The van der Waals surface area contributed by atoms with Gasteiger partial charge in [-0.05, 0) is 61.7 Å². The van der Waals surface area contributed by atoms with Crippen molar-refractivity contribution in [2.75, 3.05) is 35.1 Å². The molecule has 3 aromatic rings.